The topological polar surface area (TPSA) is 33.1 Å². The zero-order chi connectivity index (χ0) is 13.9. The maximum atomic E-state index is 10.7. The zero-order valence-corrected chi connectivity index (χ0v) is 12.8. The first-order valence-electron chi connectivity index (χ1n) is 6.44. The van der Waals surface area contributed by atoms with E-state index >= 15 is 0 Å². The molecule has 1 aromatic carbocycles. The number of rotatable bonds is 4. The molecule has 1 atom stereocenters. The van der Waals surface area contributed by atoms with Gasteiger partial charge in [-0.2, -0.15) is 0 Å². The summed E-state index contributed by atoms with van der Waals surface area (Å²) in [5.74, 6) is 0. The Morgan fingerprint density at radius 2 is 1.95 bits per heavy atom. The lowest BCUT2D eigenvalue weighted by Crippen LogP contribution is -2.25. The van der Waals surface area contributed by atoms with Gasteiger partial charge in [0.2, 0.25) is 0 Å². The summed E-state index contributed by atoms with van der Waals surface area (Å²) in [6.07, 6.45) is 3.36. The molecular formula is C16H18BrNO. The molecule has 0 aliphatic rings. The SMILES string of the molecule is CCc1ccc(CC(C)(O)c2ccccc2Br)nc1. The van der Waals surface area contributed by atoms with Crippen LogP contribution in [0.1, 0.15) is 30.7 Å². The van der Waals surface area contributed by atoms with E-state index in [0.717, 1.165) is 22.2 Å². The van der Waals surface area contributed by atoms with E-state index in [1.165, 1.54) is 5.56 Å². The molecule has 0 aliphatic heterocycles. The number of aryl methyl sites for hydroxylation is 1. The second-order valence-electron chi connectivity index (χ2n) is 4.94. The van der Waals surface area contributed by atoms with Gasteiger partial charge in [-0.05, 0) is 36.6 Å². The van der Waals surface area contributed by atoms with Gasteiger partial charge in [0.05, 0.1) is 5.60 Å². The molecule has 0 bridgehead atoms. The van der Waals surface area contributed by atoms with Gasteiger partial charge < -0.3 is 5.11 Å². The lowest BCUT2D eigenvalue weighted by atomic mass is 9.91. The van der Waals surface area contributed by atoms with Crippen LogP contribution in [-0.4, -0.2) is 10.1 Å². The number of hydrogen-bond acceptors (Lipinski definition) is 2. The molecule has 0 aliphatic carbocycles. The van der Waals surface area contributed by atoms with Crippen LogP contribution in [-0.2, 0) is 18.4 Å². The fourth-order valence-corrected chi connectivity index (χ4v) is 2.83. The van der Waals surface area contributed by atoms with Crippen LogP contribution in [0.3, 0.4) is 0 Å². The summed E-state index contributed by atoms with van der Waals surface area (Å²) in [5, 5.41) is 10.7. The molecule has 100 valence electrons. The average Bonchev–Trinajstić information content (AvgIpc) is 2.39. The lowest BCUT2D eigenvalue weighted by molar-refractivity contribution is 0.0558. The third-order valence-electron chi connectivity index (χ3n) is 3.27. The molecule has 0 saturated carbocycles. The number of nitrogens with zero attached hydrogens (tertiary/aromatic N) is 1. The number of hydrogen-bond donors (Lipinski definition) is 1. The highest BCUT2D eigenvalue weighted by Crippen LogP contribution is 2.30. The second kappa shape index (κ2) is 5.85. The van der Waals surface area contributed by atoms with Crippen LogP contribution in [0.2, 0.25) is 0 Å². The monoisotopic (exact) mass is 319 g/mol. The Balaban J connectivity index is 2.23. The predicted molar refractivity (Wildman–Crippen MR) is 81.0 cm³/mol. The van der Waals surface area contributed by atoms with Crippen molar-refractivity contribution in [2.24, 2.45) is 0 Å². The number of pyridine rings is 1. The van der Waals surface area contributed by atoms with E-state index < -0.39 is 5.60 Å². The molecule has 3 heteroatoms. The summed E-state index contributed by atoms with van der Waals surface area (Å²) in [5.41, 5.74) is 2.07. The zero-order valence-electron chi connectivity index (χ0n) is 11.2. The minimum atomic E-state index is -0.930. The molecule has 0 amide bonds. The van der Waals surface area contributed by atoms with Crippen molar-refractivity contribution in [1.82, 2.24) is 4.98 Å². The van der Waals surface area contributed by atoms with Crippen molar-refractivity contribution in [2.45, 2.75) is 32.3 Å². The van der Waals surface area contributed by atoms with E-state index in [1.807, 2.05) is 43.5 Å². The molecule has 2 aromatic rings. The molecule has 19 heavy (non-hydrogen) atoms. The Hall–Kier alpha value is -1.19. The van der Waals surface area contributed by atoms with Crippen LogP contribution in [0.5, 0.6) is 0 Å². The minimum Gasteiger partial charge on any atom is -0.385 e. The van der Waals surface area contributed by atoms with Crippen LogP contribution in [0.15, 0.2) is 47.1 Å². The van der Waals surface area contributed by atoms with Crippen molar-refractivity contribution in [1.29, 1.82) is 0 Å². The minimum absolute atomic E-state index is 0.500. The predicted octanol–water partition coefficient (Wildman–Crippen LogP) is 3.86. The molecule has 0 spiro atoms. The standard InChI is InChI=1S/C16H18BrNO/c1-3-12-8-9-13(18-11-12)10-16(2,19)14-6-4-5-7-15(14)17/h4-9,11,19H,3,10H2,1-2H3. The molecule has 2 nitrogen and oxygen atoms in total. The van der Waals surface area contributed by atoms with Gasteiger partial charge in [0, 0.05) is 22.8 Å². The Bertz CT molecular complexity index is 549. The highest BCUT2D eigenvalue weighted by atomic mass is 79.9. The Labute approximate surface area is 122 Å². The van der Waals surface area contributed by atoms with Gasteiger partial charge >= 0.3 is 0 Å². The largest absolute Gasteiger partial charge is 0.385 e. The van der Waals surface area contributed by atoms with Gasteiger partial charge in [0.15, 0.2) is 0 Å². The van der Waals surface area contributed by atoms with Gasteiger partial charge in [0.1, 0.15) is 0 Å². The molecule has 1 unspecified atom stereocenters. The summed E-state index contributed by atoms with van der Waals surface area (Å²) in [6.45, 7) is 3.93. The first-order valence-corrected chi connectivity index (χ1v) is 7.23. The van der Waals surface area contributed by atoms with Crippen LogP contribution in [0.4, 0.5) is 0 Å². The van der Waals surface area contributed by atoms with Gasteiger partial charge in [0.25, 0.3) is 0 Å². The Kier molecular flexibility index (Phi) is 4.38. The highest BCUT2D eigenvalue weighted by Gasteiger charge is 2.26. The van der Waals surface area contributed by atoms with Crippen LogP contribution < -0.4 is 0 Å². The van der Waals surface area contributed by atoms with Crippen molar-refractivity contribution in [3.05, 3.63) is 63.9 Å². The van der Waals surface area contributed by atoms with E-state index in [2.05, 4.69) is 33.9 Å². The number of aromatic nitrogens is 1. The summed E-state index contributed by atoms with van der Waals surface area (Å²) in [6, 6.07) is 11.8. The van der Waals surface area contributed by atoms with Crippen LogP contribution in [0.25, 0.3) is 0 Å². The maximum Gasteiger partial charge on any atom is 0.0934 e. The molecular weight excluding hydrogens is 302 g/mol. The van der Waals surface area contributed by atoms with E-state index in [4.69, 9.17) is 0 Å². The highest BCUT2D eigenvalue weighted by molar-refractivity contribution is 9.10. The maximum absolute atomic E-state index is 10.7. The lowest BCUT2D eigenvalue weighted by Gasteiger charge is -2.24. The molecule has 1 N–H and O–H groups in total. The van der Waals surface area contributed by atoms with E-state index in [1.54, 1.807) is 0 Å². The molecule has 1 heterocycles. The Morgan fingerprint density at radius 3 is 2.53 bits per heavy atom. The third kappa shape index (κ3) is 3.43. The van der Waals surface area contributed by atoms with Crippen molar-refractivity contribution < 1.29 is 5.11 Å². The van der Waals surface area contributed by atoms with E-state index in [-0.39, 0.29) is 0 Å². The molecule has 0 radical (unpaired) electrons. The van der Waals surface area contributed by atoms with Gasteiger partial charge in [-0.25, -0.2) is 0 Å². The summed E-state index contributed by atoms with van der Waals surface area (Å²) >= 11 is 3.49. The fraction of sp³-hybridized carbons (Fsp3) is 0.312. The number of halogens is 1. The third-order valence-corrected chi connectivity index (χ3v) is 3.97. The molecule has 0 fully saturated rings. The number of aliphatic hydroxyl groups is 1. The van der Waals surface area contributed by atoms with Gasteiger partial charge in [-0.3, -0.25) is 4.98 Å². The first-order chi connectivity index (χ1) is 9.03. The van der Waals surface area contributed by atoms with Crippen molar-refractivity contribution in [3.63, 3.8) is 0 Å². The fourth-order valence-electron chi connectivity index (χ4n) is 2.11. The van der Waals surface area contributed by atoms with Crippen LogP contribution >= 0.6 is 15.9 Å². The first kappa shape index (κ1) is 14.2. The van der Waals surface area contributed by atoms with Gasteiger partial charge in [-0.15, -0.1) is 0 Å². The van der Waals surface area contributed by atoms with Crippen LogP contribution in [0, 0.1) is 0 Å². The molecule has 2 rings (SSSR count). The summed E-state index contributed by atoms with van der Waals surface area (Å²) < 4.78 is 0.921. The van der Waals surface area contributed by atoms with E-state index in [9.17, 15) is 5.11 Å². The Morgan fingerprint density at radius 1 is 1.21 bits per heavy atom. The quantitative estimate of drug-likeness (QED) is 0.928. The van der Waals surface area contributed by atoms with Crippen molar-refractivity contribution in [3.8, 4) is 0 Å². The summed E-state index contributed by atoms with van der Waals surface area (Å²) in [7, 11) is 0. The second-order valence-corrected chi connectivity index (χ2v) is 5.80. The number of benzene rings is 1. The summed E-state index contributed by atoms with van der Waals surface area (Å²) in [4.78, 5) is 4.41. The van der Waals surface area contributed by atoms with Gasteiger partial charge in [-0.1, -0.05) is 47.1 Å². The average molecular weight is 320 g/mol. The molecule has 1 aromatic heterocycles. The normalized spacial score (nSPS) is 14.1. The smallest absolute Gasteiger partial charge is 0.0934 e. The molecule has 0 saturated heterocycles. The van der Waals surface area contributed by atoms with E-state index in [0.29, 0.717) is 6.42 Å². The van der Waals surface area contributed by atoms with Crippen molar-refractivity contribution in [2.75, 3.05) is 0 Å². The van der Waals surface area contributed by atoms with Crippen molar-refractivity contribution >= 4 is 15.9 Å².